The number of halogens is 1. The Bertz CT molecular complexity index is 1730. The van der Waals surface area contributed by atoms with Gasteiger partial charge in [-0.15, -0.1) is 10.2 Å². The first-order chi connectivity index (χ1) is 19.5. The molecule has 212 valence electrons. The monoisotopic (exact) mass is 580 g/mol. The molecule has 0 saturated carbocycles. The summed E-state index contributed by atoms with van der Waals surface area (Å²) in [4.78, 5) is 33.8. The Morgan fingerprint density at radius 2 is 1.85 bits per heavy atom. The van der Waals surface area contributed by atoms with E-state index >= 15 is 0 Å². The van der Waals surface area contributed by atoms with Crippen molar-refractivity contribution in [3.05, 3.63) is 82.7 Å². The summed E-state index contributed by atoms with van der Waals surface area (Å²) < 4.78 is 42.0. The third kappa shape index (κ3) is 5.59. The van der Waals surface area contributed by atoms with Gasteiger partial charge in [0.2, 0.25) is 5.82 Å². The number of aryl methyl sites for hydroxylation is 1. The molecule has 0 radical (unpaired) electrons. The fourth-order valence-corrected chi connectivity index (χ4v) is 5.44. The number of H-pyrrole nitrogens is 1. The highest BCUT2D eigenvalue weighted by atomic mass is 32.2. The second-order valence-corrected chi connectivity index (χ2v) is 11.5. The SMILES string of the molecule is Cc1cc(CNC(=O)c2cc(C(=O)NC3CN(S(=O)(=O)N(C)C)c4cc(-c5nn[nH]n5)ccc43)ncn2)ccc1F. The number of amides is 2. The first-order valence-electron chi connectivity index (χ1n) is 12.3. The minimum absolute atomic E-state index is 0.0441. The third-order valence-electron chi connectivity index (χ3n) is 6.48. The van der Waals surface area contributed by atoms with Crippen molar-refractivity contribution < 1.29 is 22.4 Å². The number of rotatable bonds is 8. The number of fused-ring (bicyclic) bond motifs is 1. The standard InChI is InChI=1S/C25H25FN10O4S/c1-14-8-15(4-7-18(14)26)11-27-24(37)19-10-20(29-13-28-19)25(38)30-21-12-36(41(39,40)35(2)3)22-9-16(5-6-17(21)22)23-31-33-34-32-23/h4-10,13,21H,11-12H2,1-3H3,(H,27,37)(H,30,38)(H,31,32,33,34). The lowest BCUT2D eigenvalue weighted by Gasteiger charge is -2.24. The van der Waals surface area contributed by atoms with Gasteiger partial charge in [0.15, 0.2) is 0 Å². The van der Waals surface area contributed by atoms with Crippen molar-refractivity contribution in [2.24, 2.45) is 0 Å². The first kappa shape index (κ1) is 27.7. The number of nitrogens with zero attached hydrogens (tertiary/aromatic N) is 7. The van der Waals surface area contributed by atoms with Crippen LogP contribution in [-0.4, -0.2) is 75.8 Å². The molecule has 14 nitrogen and oxygen atoms in total. The molecule has 16 heteroatoms. The quantitative estimate of drug-likeness (QED) is 0.275. The molecule has 0 aliphatic carbocycles. The molecule has 41 heavy (non-hydrogen) atoms. The van der Waals surface area contributed by atoms with Crippen LogP contribution in [0.1, 0.15) is 43.7 Å². The summed E-state index contributed by atoms with van der Waals surface area (Å²) in [6.07, 6.45) is 1.09. The van der Waals surface area contributed by atoms with Crippen molar-refractivity contribution >= 4 is 27.7 Å². The lowest BCUT2D eigenvalue weighted by molar-refractivity contribution is 0.0934. The molecule has 0 saturated heterocycles. The van der Waals surface area contributed by atoms with Crippen molar-refractivity contribution in [2.45, 2.75) is 19.5 Å². The second-order valence-electron chi connectivity index (χ2n) is 9.41. The summed E-state index contributed by atoms with van der Waals surface area (Å²) in [6, 6.07) is 10.0. The number of aromatic amines is 1. The molecular weight excluding hydrogens is 555 g/mol. The topological polar surface area (TPSA) is 179 Å². The van der Waals surface area contributed by atoms with Crippen LogP contribution in [0.5, 0.6) is 0 Å². The van der Waals surface area contributed by atoms with Gasteiger partial charge in [-0.25, -0.2) is 14.4 Å². The van der Waals surface area contributed by atoms with Crippen LogP contribution < -0.4 is 14.9 Å². The summed E-state index contributed by atoms with van der Waals surface area (Å²) in [5.41, 5.74) is 2.46. The van der Waals surface area contributed by atoms with Gasteiger partial charge < -0.3 is 10.6 Å². The van der Waals surface area contributed by atoms with Crippen molar-refractivity contribution in [3.8, 4) is 11.4 Å². The van der Waals surface area contributed by atoms with Crippen LogP contribution in [0.4, 0.5) is 10.1 Å². The zero-order valence-corrected chi connectivity index (χ0v) is 23.0. The van der Waals surface area contributed by atoms with Crippen LogP contribution >= 0.6 is 0 Å². The van der Waals surface area contributed by atoms with E-state index in [1.54, 1.807) is 37.3 Å². The Labute approximate surface area is 234 Å². The molecule has 1 aliphatic heterocycles. The normalized spacial score (nSPS) is 14.7. The highest BCUT2D eigenvalue weighted by molar-refractivity contribution is 7.90. The van der Waals surface area contributed by atoms with Crippen LogP contribution in [0.25, 0.3) is 11.4 Å². The smallest absolute Gasteiger partial charge is 0.303 e. The molecule has 1 unspecified atom stereocenters. The van der Waals surface area contributed by atoms with Gasteiger partial charge in [0.25, 0.3) is 11.8 Å². The number of aromatic nitrogens is 6. The van der Waals surface area contributed by atoms with E-state index in [0.29, 0.717) is 27.9 Å². The van der Waals surface area contributed by atoms with Crippen LogP contribution in [0, 0.1) is 12.7 Å². The van der Waals surface area contributed by atoms with Gasteiger partial charge in [0, 0.05) is 37.8 Å². The van der Waals surface area contributed by atoms with Crippen molar-refractivity contribution in [2.75, 3.05) is 24.9 Å². The summed E-state index contributed by atoms with van der Waals surface area (Å²) >= 11 is 0. The van der Waals surface area contributed by atoms with Gasteiger partial charge in [-0.2, -0.15) is 17.9 Å². The van der Waals surface area contributed by atoms with E-state index < -0.39 is 28.1 Å². The summed E-state index contributed by atoms with van der Waals surface area (Å²) in [5.74, 6) is -1.24. The lowest BCUT2D eigenvalue weighted by atomic mass is 10.1. The molecule has 0 bridgehead atoms. The van der Waals surface area contributed by atoms with Crippen LogP contribution in [0.15, 0.2) is 48.8 Å². The highest BCUT2D eigenvalue weighted by Gasteiger charge is 2.38. The molecule has 3 N–H and O–H groups in total. The van der Waals surface area contributed by atoms with Crippen LogP contribution in [-0.2, 0) is 16.8 Å². The largest absolute Gasteiger partial charge is 0.347 e. The molecule has 2 amide bonds. The molecule has 2 aromatic carbocycles. The highest BCUT2D eigenvalue weighted by Crippen LogP contribution is 2.39. The molecule has 1 atom stereocenters. The second kappa shape index (κ2) is 11.0. The van der Waals surface area contributed by atoms with Gasteiger partial charge in [-0.05, 0) is 35.4 Å². The number of anilines is 1. The number of tetrazole rings is 1. The van der Waals surface area contributed by atoms with Gasteiger partial charge in [-0.3, -0.25) is 13.9 Å². The van der Waals surface area contributed by atoms with Gasteiger partial charge in [0.1, 0.15) is 23.5 Å². The molecule has 2 aromatic heterocycles. The van der Waals surface area contributed by atoms with E-state index in [2.05, 4.69) is 41.2 Å². The molecular formula is C25H25FN10O4S. The fourth-order valence-electron chi connectivity index (χ4n) is 4.31. The molecule has 4 aromatic rings. The average molecular weight is 581 g/mol. The maximum Gasteiger partial charge on any atom is 0.303 e. The minimum Gasteiger partial charge on any atom is -0.347 e. The van der Waals surface area contributed by atoms with Crippen LogP contribution in [0.3, 0.4) is 0 Å². The Hall–Kier alpha value is -4.83. The summed E-state index contributed by atoms with van der Waals surface area (Å²) in [5, 5.41) is 19.3. The van der Waals surface area contributed by atoms with E-state index in [-0.39, 0.29) is 36.1 Å². The molecule has 0 fully saturated rings. The van der Waals surface area contributed by atoms with Crippen molar-refractivity contribution in [1.82, 2.24) is 45.5 Å². The number of hydrogen-bond donors (Lipinski definition) is 3. The van der Waals surface area contributed by atoms with E-state index in [4.69, 9.17) is 0 Å². The third-order valence-corrected chi connectivity index (χ3v) is 8.31. The molecule has 1 aliphatic rings. The summed E-state index contributed by atoms with van der Waals surface area (Å²) in [6.45, 7) is 1.68. The molecule has 3 heterocycles. The lowest BCUT2D eigenvalue weighted by Crippen LogP contribution is -2.41. The van der Waals surface area contributed by atoms with Gasteiger partial charge in [-0.1, -0.05) is 24.3 Å². The Morgan fingerprint density at radius 3 is 2.54 bits per heavy atom. The van der Waals surface area contributed by atoms with E-state index in [9.17, 15) is 22.4 Å². The number of benzene rings is 2. The predicted octanol–water partition coefficient (Wildman–Crippen LogP) is 1.13. The number of carbonyl (C=O) groups is 2. The van der Waals surface area contributed by atoms with E-state index in [1.807, 2.05) is 0 Å². The van der Waals surface area contributed by atoms with Gasteiger partial charge >= 0.3 is 10.2 Å². The maximum absolute atomic E-state index is 13.5. The summed E-state index contributed by atoms with van der Waals surface area (Å²) in [7, 11) is -1.09. The predicted molar refractivity (Wildman–Crippen MR) is 144 cm³/mol. The van der Waals surface area contributed by atoms with Crippen molar-refractivity contribution in [3.63, 3.8) is 0 Å². The number of carbonyl (C=O) groups excluding carboxylic acids is 2. The average Bonchev–Trinajstić information content (AvgIpc) is 3.62. The zero-order chi connectivity index (χ0) is 29.3. The molecule has 5 rings (SSSR count). The van der Waals surface area contributed by atoms with Crippen LogP contribution in [0.2, 0.25) is 0 Å². The maximum atomic E-state index is 13.5. The minimum atomic E-state index is -3.91. The fraction of sp³-hybridized carbons (Fsp3) is 0.240. The molecule has 0 spiro atoms. The van der Waals surface area contributed by atoms with E-state index in [0.717, 1.165) is 10.6 Å². The Kier molecular flexibility index (Phi) is 7.42. The van der Waals surface area contributed by atoms with Gasteiger partial charge in [0.05, 0.1) is 18.3 Å². The van der Waals surface area contributed by atoms with E-state index in [1.165, 1.54) is 30.5 Å². The zero-order valence-electron chi connectivity index (χ0n) is 22.2. The Morgan fingerprint density at radius 1 is 1.10 bits per heavy atom. The van der Waals surface area contributed by atoms with Crippen molar-refractivity contribution in [1.29, 1.82) is 0 Å². The number of nitrogens with one attached hydrogen (secondary N) is 3. The Balaban J connectivity index is 1.35. The number of hydrogen-bond acceptors (Lipinski definition) is 9. The first-order valence-corrected chi connectivity index (χ1v) is 13.7.